The van der Waals surface area contributed by atoms with Crippen molar-refractivity contribution in [1.82, 2.24) is 9.47 Å². The number of rotatable bonds is 6. The van der Waals surface area contributed by atoms with Crippen molar-refractivity contribution in [2.75, 3.05) is 0 Å². The van der Waals surface area contributed by atoms with Crippen molar-refractivity contribution >= 4 is 28.6 Å². The highest BCUT2D eigenvalue weighted by Gasteiger charge is 2.17. The summed E-state index contributed by atoms with van der Waals surface area (Å²) in [4.78, 5) is 17.0. The molecular weight excluding hydrogens is 312 g/mol. The second kappa shape index (κ2) is 6.94. The van der Waals surface area contributed by atoms with Crippen LogP contribution >= 0.6 is 22.7 Å². The SMILES string of the molecule is Cn1cccc1CN(Cc1cccs1)C(=O)Cc1cccs1. The van der Waals surface area contributed by atoms with Gasteiger partial charge in [-0.05, 0) is 35.0 Å². The molecule has 0 saturated heterocycles. The van der Waals surface area contributed by atoms with Gasteiger partial charge in [0.2, 0.25) is 5.91 Å². The molecular formula is C17H18N2OS2. The molecule has 0 saturated carbocycles. The molecule has 22 heavy (non-hydrogen) atoms. The maximum atomic E-state index is 12.7. The highest BCUT2D eigenvalue weighted by molar-refractivity contribution is 7.10. The summed E-state index contributed by atoms with van der Waals surface area (Å²) in [5, 5.41) is 4.07. The summed E-state index contributed by atoms with van der Waals surface area (Å²) in [5.74, 6) is 0.178. The fourth-order valence-corrected chi connectivity index (χ4v) is 3.77. The van der Waals surface area contributed by atoms with E-state index in [9.17, 15) is 4.79 Å². The topological polar surface area (TPSA) is 25.2 Å². The van der Waals surface area contributed by atoms with Gasteiger partial charge in [-0.25, -0.2) is 0 Å². The molecule has 0 aliphatic carbocycles. The number of amides is 1. The lowest BCUT2D eigenvalue weighted by Gasteiger charge is -2.22. The molecule has 3 rings (SSSR count). The van der Waals surface area contributed by atoms with Crippen molar-refractivity contribution in [3.63, 3.8) is 0 Å². The van der Waals surface area contributed by atoms with E-state index >= 15 is 0 Å². The van der Waals surface area contributed by atoms with E-state index in [1.807, 2.05) is 47.8 Å². The van der Waals surface area contributed by atoms with Crippen LogP contribution in [0, 0.1) is 0 Å². The molecule has 0 aromatic carbocycles. The number of hydrogen-bond donors (Lipinski definition) is 0. The second-order valence-corrected chi connectivity index (χ2v) is 7.26. The average molecular weight is 330 g/mol. The summed E-state index contributed by atoms with van der Waals surface area (Å²) in [7, 11) is 2.02. The van der Waals surface area contributed by atoms with E-state index in [2.05, 4.69) is 22.1 Å². The Morgan fingerprint density at radius 1 is 1.05 bits per heavy atom. The van der Waals surface area contributed by atoms with Gasteiger partial charge in [-0.2, -0.15) is 0 Å². The molecule has 0 spiro atoms. The molecule has 0 bridgehead atoms. The molecule has 5 heteroatoms. The van der Waals surface area contributed by atoms with E-state index in [0.717, 1.165) is 10.6 Å². The first-order valence-electron chi connectivity index (χ1n) is 7.15. The van der Waals surface area contributed by atoms with Crippen molar-refractivity contribution in [2.24, 2.45) is 7.05 Å². The molecule has 0 N–H and O–H groups in total. The number of nitrogens with zero attached hydrogens (tertiary/aromatic N) is 2. The number of carbonyl (C=O) groups is 1. The summed E-state index contributed by atoms with van der Waals surface area (Å²) in [6.07, 6.45) is 2.50. The molecule has 0 fully saturated rings. The summed E-state index contributed by atoms with van der Waals surface area (Å²) in [5.41, 5.74) is 1.15. The van der Waals surface area contributed by atoms with Gasteiger partial charge in [0.05, 0.1) is 19.5 Å². The van der Waals surface area contributed by atoms with Crippen LogP contribution in [0.2, 0.25) is 0 Å². The molecule has 3 heterocycles. The maximum absolute atomic E-state index is 12.7. The quantitative estimate of drug-likeness (QED) is 0.672. The largest absolute Gasteiger partial charge is 0.353 e. The normalized spacial score (nSPS) is 10.8. The Hall–Kier alpha value is -1.85. The Morgan fingerprint density at radius 3 is 2.36 bits per heavy atom. The predicted molar refractivity (Wildman–Crippen MR) is 92.0 cm³/mol. The molecule has 3 nitrogen and oxygen atoms in total. The molecule has 3 aromatic rings. The lowest BCUT2D eigenvalue weighted by molar-refractivity contribution is -0.131. The Kier molecular flexibility index (Phi) is 4.75. The summed E-state index contributed by atoms with van der Waals surface area (Å²) < 4.78 is 2.07. The van der Waals surface area contributed by atoms with Crippen molar-refractivity contribution in [3.05, 3.63) is 68.8 Å². The van der Waals surface area contributed by atoms with Gasteiger partial charge >= 0.3 is 0 Å². The zero-order chi connectivity index (χ0) is 15.4. The Morgan fingerprint density at radius 2 is 1.77 bits per heavy atom. The summed E-state index contributed by atoms with van der Waals surface area (Å²) in [6, 6.07) is 12.2. The first-order chi connectivity index (χ1) is 10.7. The molecule has 0 radical (unpaired) electrons. The standard InChI is InChI=1S/C17H18N2OS2/c1-18-8-2-5-14(18)12-19(13-16-7-4-10-22-16)17(20)11-15-6-3-9-21-15/h2-10H,11-13H2,1H3. The van der Waals surface area contributed by atoms with Gasteiger partial charge in [-0.1, -0.05) is 12.1 Å². The summed E-state index contributed by atoms with van der Waals surface area (Å²) in [6.45, 7) is 1.32. The fourth-order valence-electron chi connectivity index (χ4n) is 2.35. The van der Waals surface area contributed by atoms with Crippen LogP contribution in [0.15, 0.2) is 53.4 Å². The molecule has 0 unspecified atom stereocenters. The minimum Gasteiger partial charge on any atom is -0.353 e. The minimum absolute atomic E-state index is 0.178. The minimum atomic E-state index is 0.178. The molecule has 1 amide bonds. The molecule has 0 aliphatic rings. The van der Waals surface area contributed by atoms with Crippen LogP contribution in [0.25, 0.3) is 0 Å². The van der Waals surface area contributed by atoms with Gasteiger partial charge in [-0.3, -0.25) is 4.79 Å². The maximum Gasteiger partial charge on any atom is 0.228 e. The highest BCUT2D eigenvalue weighted by atomic mass is 32.1. The average Bonchev–Trinajstić information content (AvgIpc) is 3.22. The molecule has 3 aromatic heterocycles. The van der Waals surface area contributed by atoms with Gasteiger partial charge < -0.3 is 9.47 Å². The lowest BCUT2D eigenvalue weighted by Crippen LogP contribution is -2.31. The zero-order valence-corrected chi connectivity index (χ0v) is 14.1. The number of aryl methyl sites for hydroxylation is 1. The molecule has 0 aliphatic heterocycles. The molecule has 114 valence electrons. The van der Waals surface area contributed by atoms with Crippen LogP contribution in [-0.2, 0) is 31.4 Å². The van der Waals surface area contributed by atoms with Crippen LogP contribution in [0.3, 0.4) is 0 Å². The van der Waals surface area contributed by atoms with E-state index in [0.29, 0.717) is 19.5 Å². The van der Waals surface area contributed by atoms with Crippen LogP contribution in [-0.4, -0.2) is 15.4 Å². The number of carbonyl (C=O) groups excluding carboxylic acids is 1. The Labute approximate surface area is 138 Å². The highest BCUT2D eigenvalue weighted by Crippen LogP contribution is 2.17. The van der Waals surface area contributed by atoms with Crippen LogP contribution in [0.4, 0.5) is 0 Å². The number of aromatic nitrogens is 1. The first kappa shape index (κ1) is 15.1. The molecule has 0 atom stereocenters. The van der Waals surface area contributed by atoms with Crippen molar-refractivity contribution in [3.8, 4) is 0 Å². The second-order valence-electron chi connectivity index (χ2n) is 5.20. The van der Waals surface area contributed by atoms with E-state index in [-0.39, 0.29) is 5.91 Å². The van der Waals surface area contributed by atoms with Gasteiger partial charge in [0.15, 0.2) is 0 Å². The third-order valence-corrected chi connectivity index (χ3v) is 5.33. The number of thiophene rings is 2. The van der Waals surface area contributed by atoms with Crippen molar-refractivity contribution in [2.45, 2.75) is 19.5 Å². The lowest BCUT2D eigenvalue weighted by atomic mass is 10.2. The zero-order valence-electron chi connectivity index (χ0n) is 12.4. The third-order valence-electron chi connectivity index (χ3n) is 3.59. The Bertz CT molecular complexity index is 714. The fraction of sp³-hybridized carbons (Fsp3) is 0.235. The number of hydrogen-bond acceptors (Lipinski definition) is 3. The van der Waals surface area contributed by atoms with Crippen molar-refractivity contribution in [1.29, 1.82) is 0 Å². The van der Waals surface area contributed by atoms with Gasteiger partial charge in [0.1, 0.15) is 0 Å². The van der Waals surface area contributed by atoms with E-state index in [1.54, 1.807) is 22.7 Å². The van der Waals surface area contributed by atoms with E-state index < -0.39 is 0 Å². The van der Waals surface area contributed by atoms with Crippen LogP contribution < -0.4 is 0 Å². The van der Waals surface area contributed by atoms with E-state index in [4.69, 9.17) is 0 Å². The smallest absolute Gasteiger partial charge is 0.228 e. The van der Waals surface area contributed by atoms with Crippen LogP contribution in [0.1, 0.15) is 15.4 Å². The Balaban J connectivity index is 1.75. The van der Waals surface area contributed by atoms with Gasteiger partial charge in [-0.15, -0.1) is 22.7 Å². The summed E-state index contributed by atoms with van der Waals surface area (Å²) >= 11 is 3.33. The van der Waals surface area contributed by atoms with Gasteiger partial charge in [0.25, 0.3) is 0 Å². The van der Waals surface area contributed by atoms with Gasteiger partial charge in [0, 0.05) is 28.7 Å². The van der Waals surface area contributed by atoms with E-state index in [1.165, 1.54) is 4.88 Å². The first-order valence-corrected chi connectivity index (χ1v) is 8.91. The third kappa shape index (κ3) is 3.67. The van der Waals surface area contributed by atoms with Crippen molar-refractivity contribution < 1.29 is 4.79 Å². The van der Waals surface area contributed by atoms with Crippen LogP contribution in [0.5, 0.6) is 0 Å². The monoisotopic (exact) mass is 330 g/mol. The predicted octanol–water partition coefficient (Wildman–Crippen LogP) is 3.92.